The van der Waals surface area contributed by atoms with Gasteiger partial charge in [-0.15, -0.1) is 0 Å². The highest BCUT2D eigenvalue weighted by Crippen LogP contribution is 2.13. The fourth-order valence-corrected chi connectivity index (χ4v) is 2.61. The lowest BCUT2D eigenvalue weighted by Crippen LogP contribution is -2.14. The number of sulfone groups is 1. The maximum Gasteiger partial charge on any atom is 0.338 e. The van der Waals surface area contributed by atoms with Crippen molar-refractivity contribution in [3.05, 3.63) is 35.1 Å². The predicted octanol–water partition coefficient (Wildman–Crippen LogP) is 1.09. The molecule has 0 spiro atoms. The van der Waals surface area contributed by atoms with Crippen molar-refractivity contribution in [3.8, 4) is 0 Å². The molecule has 1 aromatic rings. The van der Waals surface area contributed by atoms with Gasteiger partial charge in [-0.25, -0.2) is 17.6 Å². The number of methoxy groups -OCH3 is 1. The summed E-state index contributed by atoms with van der Waals surface area (Å²) in [6, 6.07) is 3.27. The number of carbonyl (C=O) groups is 1. The first kappa shape index (κ1) is 14.6. The summed E-state index contributed by atoms with van der Waals surface area (Å²) in [5, 5.41) is 8.63. The number of halogens is 1. The minimum absolute atomic E-state index is 0.0675. The Balaban J connectivity index is 2.87. The van der Waals surface area contributed by atoms with Crippen molar-refractivity contribution in [1.82, 2.24) is 0 Å². The van der Waals surface area contributed by atoms with Crippen molar-refractivity contribution in [1.29, 1.82) is 0 Å². The molecule has 0 saturated carbocycles. The summed E-state index contributed by atoms with van der Waals surface area (Å²) in [4.78, 5) is 10.6. The Kier molecular flexibility index (Phi) is 4.80. The fraction of sp³-hybridized carbons (Fsp3) is 0.364. The van der Waals surface area contributed by atoms with Crippen molar-refractivity contribution in [3.63, 3.8) is 0 Å². The summed E-state index contributed by atoms with van der Waals surface area (Å²) in [6.45, 7) is 0.0675. The molecule has 0 saturated heterocycles. The van der Waals surface area contributed by atoms with Gasteiger partial charge in [0.2, 0.25) is 0 Å². The molecule has 0 aliphatic heterocycles. The number of carboxylic acids is 1. The molecule has 0 fully saturated rings. The van der Waals surface area contributed by atoms with Crippen LogP contribution in [0, 0.1) is 5.82 Å². The lowest BCUT2D eigenvalue weighted by atomic mass is 10.1. The molecule has 5 nitrogen and oxygen atoms in total. The highest BCUT2D eigenvalue weighted by molar-refractivity contribution is 7.90. The molecule has 0 bridgehead atoms. The Hall–Kier alpha value is -1.47. The molecule has 0 radical (unpaired) electrons. The van der Waals surface area contributed by atoms with E-state index in [1.807, 2.05) is 0 Å². The SMILES string of the molecule is COCCS(=O)(=O)Cc1ccc(C(=O)O)c(F)c1. The molecule has 0 aliphatic carbocycles. The van der Waals surface area contributed by atoms with E-state index in [0.717, 1.165) is 12.1 Å². The number of aromatic carboxylic acids is 1. The molecule has 0 unspecified atom stereocenters. The van der Waals surface area contributed by atoms with Crippen LogP contribution in [0.4, 0.5) is 4.39 Å². The minimum Gasteiger partial charge on any atom is -0.478 e. The Morgan fingerprint density at radius 3 is 2.61 bits per heavy atom. The summed E-state index contributed by atoms with van der Waals surface area (Å²) in [5.41, 5.74) is -0.262. The van der Waals surface area contributed by atoms with Gasteiger partial charge in [-0.05, 0) is 17.7 Å². The van der Waals surface area contributed by atoms with Crippen LogP contribution in [0.15, 0.2) is 18.2 Å². The largest absolute Gasteiger partial charge is 0.478 e. The third-order valence-electron chi connectivity index (χ3n) is 2.25. The molecule has 0 aliphatic rings. The lowest BCUT2D eigenvalue weighted by molar-refractivity contribution is 0.0692. The van der Waals surface area contributed by atoms with Crippen LogP contribution < -0.4 is 0 Å². The zero-order valence-corrected chi connectivity index (χ0v) is 10.5. The number of benzene rings is 1. The highest BCUT2D eigenvalue weighted by Gasteiger charge is 2.15. The average Bonchev–Trinajstić information content (AvgIpc) is 2.25. The van der Waals surface area contributed by atoms with Crippen molar-refractivity contribution in [2.45, 2.75) is 5.75 Å². The third-order valence-corrected chi connectivity index (χ3v) is 3.81. The van der Waals surface area contributed by atoms with Gasteiger partial charge < -0.3 is 9.84 Å². The molecule has 1 aromatic carbocycles. The van der Waals surface area contributed by atoms with Crippen molar-refractivity contribution in [2.24, 2.45) is 0 Å². The molecule has 0 atom stereocenters. The van der Waals surface area contributed by atoms with E-state index in [2.05, 4.69) is 4.74 Å². The van der Waals surface area contributed by atoms with Crippen LogP contribution in [0.25, 0.3) is 0 Å². The van der Waals surface area contributed by atoms with Gasteiger partial charge in [0.1, 0.15) is 5.82 Å². The summed E-state index contributed by atoms with van der Waals surface area (Å²) < 4.78 is 41.1. The molecular formula is C11H13FO5S. The van der Waals surface area contributed by atoms with E-state index in [4.69, 9.17) is 5.11 Å². The van der Waals surface area contributed by atoms with Crippen LogP contribution in [0.2, 0.25) is 0 Å². The van der Waals surface area contributed by atoms with Gasteiger partial charge >= 0.3 is 5.97 Å². The number of hydrogen-bond donors (Lipinski definition) is 1. The second-order valence-electron chi connectivity index (χ2n) is 3.70. The molecule has 0 heterocycles. The van der Waals surface area contributed by atoms with E-state index in [9.17, 15) is 17.6 Å². The van der Waals surface area contributed by atoms with E-state index in [0.29, 0.717) is 0 Å². The molecule has 0 amide bonds. The molecular weight excluding hydrogens is 263 g/mol. The minimum atomic E-state index is -3.39. The Morgan fingerprint density at radius 2 is 2.11 bits per heavy atom. The Labute approximate surface area is 104 Å². The second-order valence-corrected chi connectivity index (χ2v) is 5.89. The normalized spacial score (nSPS) is 11.4. The van der Waals surface area contributed by atoms with Crippen LogP contribution in [0.3, 0.4) is 0 Å². The molecule has 100 valence electrons. The molecule has 1 rings (SSSR count). The van der Waals surface area contributed by atoms with E-state index < -0.39 is 27.2 Å². The molecule has 7 heteroatoms. The smallest absolute Gasteiger partial charge is 0.338 e. The van der Waals surface area contributed by atoms with Crippen molar-refractivity contribution in [2.75, 3.05) is 19.5 Å². The molecule has 1 N–H and O–H groups in total. The maximum atomic E-state index is 13.3. The van der Waals surface area contributed by atoms with Gasteiger partial charge in [0, 0.05) is 7.11 Å². The van der Waals surface area contributed by atoms with Gasteiger partial charge in [0.05, 0.1) is 23.7 Å². The predicted molar refractivity (Wildman–Crippen MR) is 62.7 cm³/mol. The van der Waals surface area contributed by atoms with Crippen molar-refractivity contribution < 1.29 is 27.4 Å². The van der Waals surface area contributed by atoms with Gasteiger partial charge in [0.15, 0.2) is 9.84 Å². The first-order valence-electron chi connectivity index (χ1n) is 5.07. The number of rotatable bonds is 6. The summed E-state index contributed by atoms with van der Waals surface area (Å²) in [6.07, 6.45) is 0. The molecule has 0 aromatic heterocycles. The lowest BCUT2D eigenvalue weighted by Gasteiger charge is -2.05. The summed E-state index contributed by atoms with van der Waals surface area (Å²) >= 11 is 0. The van der Waals surface area contributed by atoms with E-state index in [1.165, 1.54) is 13.2 Å². The number of ether oxygens (including phenoxy) is 1. The third kappa shape index (κ3) is 4.08. The van der Waals surface area contributed by atoms with Crippen LogP contribution in [0.5, 0.6) is 0 Å². The van der Waals surface area contributed by atoms with Crippen molar-refractivity contribution >= 4 is 15.8 Å². The van der Waals surface area contributed by atoms with E-state index in [1.54, 1.807) is 0 Å². The zero-order valence-electron chi connectivity index (χ0n) is 9.72. The van der Waals surface area contributed by atoms with Gasteiger partial charge in [-0.3, -0.25) is 0 Å². The van der Waals surface area contributed by atoms with Gasteiger partial charge in [-0.1, -0.05) is 6.07 Å². The van der Waals surface area contributed by atoms with Gasteiger partial charge in [-0.2, -0.15) is 0 Å². The van der Waals surface area contributed by atoms with E-state index in [-0.39, 0.29) is 23.7 Å². The fourth-order valence-electron chi connectivity index (χ4n) is 1.36. The Morgan fingerprint density at radius 1 is 1.44 bits per heavy atom. The summed E-state index contributed by atoms with van der Waals surface area (Å²) in [7, 11) is -2.00. The highest BCUT2D eigenvalue weighted by atomic mass is 32.2. The topological polar surface area (TPSA) is 80.7 Å². The quantitative estimate of drug-likeness (QED) is 0.841. The first-order chi connectivity index (χ1) is 8.35. The average molecular weight is 276 g/mol. The standard InChI is InChI=1S/C11H13FO5S/c1-17-4-5-18(15,16)7-8-2-3-9(11(13)14)10(12)6-8/h2-3,6H,4-5,7H2,1H3,(H,13,14). The van der Waals surface area contributed by atoms with Crippen LogP contribution in [-0.4, -0.2) is 39.0 Å². The maximum absolute atomic E-state index is 13.3. The number of hydrogen-bond acceptors (Lipinski definition) is 4. The zero-order chi connectivity index (χ0) is 13.8. The summed E-state index contributed by atoms with van der Waals surface area (Å²) in [5.74, 6) is -2.83. The van der Waals surface area contributed by atoms with Gasteiger partial charge in [0.25, 0.3) is 0 Å². The second kappa shape index (κ2) is 5.92. The van der Waals surface area contributed by atoms with Crippen LogP contribution in [0.1, 0.15) is 15.9 Å². The Bertz CT molecular complexity index is 538. The molecule has 18 heavy (non-hydrogen) atoms. The first-order valence-corrected chi connectivity index (χ1v) is 6.89. The van der Waals surface area contributed by atoms with E-state index >= 15 is 0 Å². The van der Waals surface area contributed by atoms with Crippen LogP contribution in [-0.2, 0) is 20.3 Å². The van der Waals surface area contributed by atoms with Crippen LogP contribution >= 0.6 is 0 Å². The monoisotopic (exact) mass is 276 g/mol. The number of carboxylic acid groups (broad SMARTS) is 1.